The zero-order chi connectivity index (χ0) is 14.4. The van der Waals surface area contributed by atoms with Gasteiger partial charge in [0.15, 0.2) is 0 Å². The van der Waals surface area contributed by atoms with Crippen LogP contribution in [0.15, 0.2) is 24.3 Å². The van der Waals surface area contributed by atoms with Crippen molar-refractivity contribution in [2.45, 2.75) is 19.4 Å². The predicted molar refractivity (Wildman–Crippen MR) is 82.9 cm³/mol. The molecule has 2 aliphatic carbocycles. The fourth-order valence-electron chi connectivity index (χ4n) is 3.77. The largest absolute Gasteiger partial charge is 0.352 e. The summed E-state index contributed by atoms with van der Waals surface area (Å²) in [5.74, 6) is 2.68. The molecule has 0 aromatic heterocycles. The Labute approximate surface area is 130 Å². The maximum Gasteiger partial charge on any atom is 0.224 e. The number of piperidine rings is 1. The van der Waals surface area contributed by atoms with E-state index in [-0.39, 0.29) is 11.8 Å². The summed E-state index contributed by atoms with van der Waals surface area (Å²) in [4.78, 5) is 14.8. The number of halogens is 1. The number of amides is 1. The quantitative estimate of drug-likeness (QED) is 0.907. The van der Waals surface area contributed by atoms with Crippen molar-refractivity contribution in [2.75, 3.05) is 19.6 Å². The summed E-state index contributed by atoms with van der Waals surface area (Å²) in [7, 11) is 0. The number of nitrogens with zero attached hydrogens (tertiary/aromatic N) is 1. The Balaban J connectivity index is 1.24. The average molecular weight is 305 g/mol. The van der Waals surface area contributed by atoms with Crippen LogP contribution < -0.4 is 5.32 Å². The Morgan fingerprint density at radius 2 is 2.05 bits per heavy atom. The van der Waals surface area contributed by atoms with Gasteiger partial charge in [0.25, 0.3) is 0 Å². The molecule has 2 saturated carbocycles. The van der Waals surface area contributed by atoms with Gasteiger partial charge in [-0.05, 0) is 48.3 Å². The van der Waals surface area contributed by atoms with Crippen LogP contribution in [0.4, 0.5) is 0 Å². The lowest BCUT2D eigenvalue weighted by atomic mass is 10.2. The van der Waals surface area contributed by atoms with Crippen molar-refractivity contribution in [1.29, 1.82) is 0 Å². The van der Waals surface area contributed by atoms with Crippen LogP contribution in [0, 0.1) is 23.7 Å². The van der Waals surface area contributed by atoms with Crippen LogP contribution >= 0.6 is 11.6 Å². The number of nitrogens with one attached hydrogen (secondary N) is 1. The first-order chi connectivity index (χ1) is 10.2. The van der Waals surface area contributed by atoms with E-state index in [4.69, 9.17) is 11.6 Å². The molecule has 3 fully saturated rings. The number of hydrogen-bond donors (Lipinski definition) is 1. The van der Waals surface area contributed by atoms with E-state index in [1.54, 1.807) is 0 Å². The van der Waals surface area contributed by atoms with Gasteiger partial charge in [0, 0.05) is 37.1 Å². The fourth-order valence-corrected chi connectivity index (χ4v) is 3.98. The first-order valence-electron chi connectivity index (χ1n) is 7.95. The Kier molecular flexibility index (Phi) is 3.43. The Morgan fingerprint density at radius 3 is 2.71 bits per heavy atom. The number of carbonyl (C=O) groups excluding carboxylic acids is 1. The maximum atomic E-state index is 12.3. The molecule has 21 heavy (non-hydrogen) atoms. The molecule has 1 heterocycles. The van der Waals surface area contributed by atoms with Crippen molar-refractivity contribution in [3.05, 3.63) is 34.9 Å². The van der Waals surface area contributed by atoms with Crippen LogP contribution in [0.25, 0.3) is 0 Å². The minimum Gasteiger partial charge on any atom is -0.352 e. The SMILES string of the molecule is O=C(NCc1cccc(Cl)c1)C1C2CN(CC3CC3)CC21. The van der Waals surface area contributed by atoms with Gasteiger partial charge in [0.2, 0.25) is 5.91 Å². The third kappa shape index (κ3) is 2.95. The molecule has 1 saturated heterocycles. The van der Waals surface area contributed by atoms with Crippen LogP contribution in [0.1, 0.15) is 18.4 Å². The fraction of sp³-hybridized carbons (Fsp3) is 0.588. The molecular formula is C17H21ClN2O. The summed E-state index contributed by atoms with van der Waals surface area (Å²) in [6.07, 6.45) is 2.82. The normalized spacial score (nSPS) is 31.0. The Bertz CT molecular complexity index is 545. The van der Waals surface area contributed by atoms with E-state index in [0.29, 0.717) is 18.4 Å². The van der Waals surface area contributed by atoms with Gasteiger partial charge in [-0.2, -0.15) is 0 Å². The number of likely N-dealkylation sites (tertiary alicyclic amines) is 1. The third-order valence-corrected chi connectivity index (χ3v) is 5.38. The summed E-state index contributed by atoms with van der Waals surface area (Å²) < 4.78 is 0. The van der Waals surface area contributed by atoms with Gasteiger partial charge in [-0.15, -0.1) is 0 Å². The van der Waals surface area contributed by atoms with Crippen molar-refractivity contribution in [2.24, 2.45) is 23.7 Å². The average Bonchev–Trinajstić information content (AvgIpc) is 3.35. The summed E-state index contributed by atoms with van der Waals surface area (Å²) in [5.41, 5.74) is 1.07. The lowest BCUT2D eigenvalue weighted by Crippen LogP contribution is -2.32. The van der Waals surface area contributed by atoms with Crippen molar-refractivity contribution < 1.29 is 4.79 Å². The second-order valence-electron chi connectivity index (χ2n) is 6.86. The molecule has 0 bridgehead atoms. The van der Waals surface area contributed by atoms with E-state index in [2.05, 4.69) is 10.2 Å². The Morgan fingerprint density at radius 1 is 1.29 bits per heavy atom. The summed E-state index contributed by atoms with van der Waals surface area (Å²) >= 11 is 5.96. The zero-order valence-electron chi connectivity index (χ0n) is 12.1. The van der Waals surface area contributed by atoms with Gasteiger partial charge >= 0.3 is 0 Å². The van der Waals surface area contributed by atoms with Crippen molar-refractivity contribution >= 4 is 17.5 Å². The summed E-state index contributed by atoms with van der Waals surface area (Å²) in [5, 5.41) is 3.79. The minimum atomic E-state index is 0.232. The van der Waals surface area contributed by atoms with Crippen molar-refractivity contribution in [1.82, 2.24) is 10.2 Å². The second-order valence-corrected chi connectivity index (χ2v) is 7.30. The van der Waals surface area contributed by atoms with Crippen molar-refractivity contribution in [3.63, 3.8) is 0 Å². The number of hydrogen-bond acceptors (Lipinski definition) is 2. The Hall–Kier alpha value is -1.06. The first kappa shape index (κ1) is 13.6. The molecule has 4 heteroatoms. The molecule has 112 valence electrons. The summed E-state index contributed by atoms with van der Waals surface area (Å²) in [6, 6.07) is 7.68. The zero-order valence-corrected chi connectivity index (χ0v) is 12.9. The summed E-state index contributed by atoms with van der Waals surface area (Å²) in [6.45, 7) is 4.12. The number of carbonyl (C=O) groups is 1. The van der Waals surface area contributed by atoms with Crippen molar-refractivity contribution in [3.8, 4) is 0 Å². The maximum absolute atomic E-state index is 12.3. The van der Waals surface area contributed by atoms with Gasteiger partial charge in [-0.25, -0.2) is 0 Å². The molecule has 3 nitrogen and oxygen atoms in total. The molecule has 1 aromatic carbocycles. The molecule has 1 amide bonds. The third-order valence-electron chi connectivity index (χ3n) is 5.14. The predicted octanol–water partition coefficient (Wildman–Crippen LogP) is 2.54. The highest BCUT2D eigenvalue weighted by molar-refractivity contribution is 6.30. The van der Waals surface area contributed by atoms with E-state index in [1.165, 1.54) is 19.4 Å². The molecule has 2 unspecified atom stereocenters. The molecule has 2 atom stereocenters. The molecule has 0 radical (unpaired) electrons. The molecular weight excluding hydrogens is 284 g/mol. The van der Waals surface area contributed by atoms with Crippen LogP contribution in [-0.4, -0.2) is 30.4 Å². The highest BCUT2D eigenvalue weighted by Gasteiger charge is 2.59. The highest BCUT2D eigenvalue weighted by Crippen LogP contribution is 2.52. The van der Waals surface area contributed by atoms with Gasteiger partial charge in [0.05, 0.1) is 0 Å². The van der Waals surface area contributed by atoms with Crippen LogP contribution in [0.3, 0.4) is 0 Å². The highest BCUT2D eigenvalue weighted by atomic mass is 35.5. The molecule has 1 aliphatic heterocycles. The van der Waals surface area contributed by atoms with Gasteiger partial charge in [-0.1, -0.05) is 23.7 Å². The van der Waals surface area contributed by atoms with Crippen LogP contribution in [0.2, 0.25) is 5.02 Å². The van der Waals surface area contributed by atoms with E-state index >= 15 is 0 Å². The van der Waals surface area contributed by atoms with E-state index in [0.717, 1.165) is 29.6 Å². The lowest BCUT2D eigenvalue weighted by molar-refractivity contribution is -0.123. The van der Waals surface area contributed by atoms with E-state index in [1.807, 2.05) is 24.3 Å². The topological polar surface area (TPSA) is 32.3 Å². The van der Waals surface area contributed by atoms with E-state index < -0.39 is 0 Å². The van der Waals surface area contributed by atoms with Crippen LogP contribution in [0.5, 0.6) is 0 Å². The lowest BCUT2D eigenvalue weighted by Gasteiger charge is -2.18. The van der Waals surface area contributed by atoms with Crippen LogP contribution in [-0.2, 0) is 11.3 Å². The van der Waals surface area contributed by atoms with E-state index in [9.17, 15) is 4.79 Å². The first-order valence-corrected chi connectivity index (χ1v) is 8.33. The van der Waals surface area contributed by atoms with Gasteiger partial charge in [0.1, 0.15) is 0 Å². The molecule has 0 spiro atoms. The second kappa shape index (κ2) is 5.29. The number of fused-ring (bicyclic) bond motifs is 1. The molecule has 1 aromatic rings. The number of rotatable bonds is 5. The molecule has 4 rings (SSSR count). The molecule has 1 N–H and O–H groups in total. The number of benzene rings is 1. The van der Waals surface area contributed by atoms with Gasteiger partial charge in [-0.3, -0.25) is 4.79 Å². The minimum absolute atomic E-state index is 0.232. The smallest absolute Gasteiger partial charge is 0.224 e. The monoisotopic (exact) mass is 304 g/mol. The standard InChI is InChI=1S/C17H21ClN2O/c18-13-3-1-2-12(6-13)7-19-17(21)16-14-9-20(10-15(14)16)8-11-4-5-11/h1-3,6,11,14-16H,4-5,7-10H2,(H,19,21). The molecule has 3 aliphatic rings. The van der Waals surface area contributed by atoms with Gasteiger partial charge < -0.3 is 10.2 Å².